The van der Waals surface area contributed by atoms with E-state index < -0.39 is 0 Å². The molecule has 20 heavy (non-hydrogen) atoms. The van der Waals surface area contributed by atoms with E-state index in [2.05, 4.69) is 52.6 Å². The zero-order valence-electron chi connectivity index (χ0n) is 12.1. The van der Waals surface area contributed by atoms with Gasteiger partial charge in [-0.2, -0.15) is 0 Å². The van der Waals surface area contributed by atoms with Crippen molar-refractivity contribution in [2.75, 3.05) is 19.4 Å². The van der Waals surface area contributed by atoms with Crippen molar-refractivity contribution in [3.05, 3.63) is 28.7 Å². The molecule has 0 amide bonds. The average Bonchev–Trinajstić information content (AvgIpc) is 2.96. The first-order chi connectivity index (χ1) is 9.78. The largest absolute Gasteiger partial charge is 0.378 e. The Labute approximate surface area is 135 Å². The number of hydrogen-bond donors (Lipinski definition) is 1. The lowest BCUT2D eigenvalue weighted by atomic mass is 10.1. The summed E-state index contributed by atoms with van der Waals surface area (Å²) >= 11 is 5.45. The van der Waals surface area contributed by atoms with Crippen LogP contribution in [0.5, 0.6) is 0 Å². The van der Waals surface area contributed by atoms with Crippen LogP contribution in [0.25, 0.3) is 0 Å². The van der Waals surface area contributed by atoms with Gasteiger partial charge in [0.2, 0.25) is 0 Å². The minimum absolute atomic E-state index is 0.533. The van der Waals surface area contributed by atoms with Crippen molar-refractivity contribution in [2.45, 2.75) is 49.1 Å². The highest BCUT2D eigenvalue weighted by molar-refractivity contribution is 9.10. The van der Waals surface area contributed by atoms with E-state index in [4.69, 9.17) is 4.74 Å². The number of hydrogen-bond acceptors (Lipinski definition) is 3. The van der Waals surface area contributed by atoms with Crippen LogP contribution in [0, 0.1) is 0 Å². The molecule has 1 saturated heterocycles. The molecular weight excluding hydrogens is 334 g/mol. The van der Waals surface area contributed by atoms with Gasteiger partial charge in [-0.15, -0.1) is 11.8 Å². The Bertz CT molecular complexity index is 396. The van der Waals surface area contributed by atoms with Gasteiger partial charge in [-0.3, -0.25) is 0 Å². The monoisotopic (exact) mass is 357 g/mol. The number of thioether (sulfide) groups is 1. The molecule has 0 aliphatic carbocycles. The molecule has 2 nitrogen and oxygen atoms in total. The Morgan fingerprint density at radius 3 is 3.10 bits per heavy atom. The molecule has 2 rings (SSSR count). The molecule has 0 spiro atoms. The second-order valence-electron chi connectivity index (χ2n) is 5.32. The molecule has 0 bridgehead atoms. The van der Waals surface area contributed by atoms with E-state index in [9.17, 15) is 0 Å². The second kappa shape index (κ2) is 9.08. The number of rotatable bonds is 8. The highest BCUT2D eigenvalue weighted by atomic mass is 79.9. The maximum absolute atomic E-state index is 5.68. The van der Waals surface area contributed by atoms with E-state index >= 15 is 0 Å². The topological polar surface area (TPSA) is 21.3 Å². The summed E-state index contributed by atoms with van der Waals surface area (Å²) < 4.78 is 6.83. The molecular formula is C16H24BrNOS. The fourth-order valence-electron chi connectivity index (χ4n) is 2.53. The van der Waals surface area contributed by atoms with Crippen LogP contribution in [0.1, 0.15) is 32.1 Å². The van der Waals surface area contributed by atoms with Gasteiger partial charge < -0.3 is 10.1 Å². The van der Waals surface area contributed by atoms with Gasteiger partial charge in [0, 0.05) is 27.8 Å². The zero-order valence-corrected chi connectivity index (χ0v) is 14.5. The van der Waals surface area contributed by atoms with Gasteiger partial charge in [-0.1, -0.05) is 22.0 Å². The van der Waals surface area contributed by atoms with Crippen molar-refractivity contribution in [3.8, 4) is 0 Å². The normalized spacial score (nSPS) is 20.2. The summed E-state index contributed by atoms with van der Waals surface area (Å²) in [7, 11) is 2.07. The lowest BCUT2D eigenvalue weighted by molar-refractivity contribution is 0.101. The molecule has 0 radical (unpaired) electrons. The highest BCUT2D eigenvalue weighted by Gasteiger charge is 2.15. The predicted octanol–water partition coefficient (Wildman–Crippen LogP) is 4.48. The third kappa shape index (κ3) is 5.76. The molecule has 2 atom stereocenters. The van der Waals surface area contributed by atoms with Crippen LogP contribution in [-0.4, -0.2) is 31.6 Å². The summed E-state index contributed by atoms with van der Waals surface area (Å²) in [4.78, 5) is 1.33. The predicted molar refractivity (Wildman–Crippen MR) is 90.5 cm³/mol. The Morgan fingerprint density at radius 1 is 1.50 bits per heavy atom. The maximum Gasteiger partial charge on any atom is 0.0576 e. The first kappa shape index (κ1) is 16.3. The van der Waals surface area contributed by atoms with E-state index in [1.54, 1.807) is 0 Å². The van der Waals surface area contributed by atoms with E-state index in [0.29, 0.717) is 12.1 Å². The molecule has 1 heterocycles. The van der Waals surface area contributed by atoms with E-state index in [1.165, 1.54) is 37.0 Å². The molecule has 1 fully saturated rings. The number of halogens is 1. The van der Waals surface area contributed by atoms with E-state index in [0.717, 1.165) is 16.8 Å². The van der Waals surface area contributed by atoms with Crippen LogP contribution < -0.4 is 5.32 Å². The summed E-state index contributed by atoms with van der Waals surface area (Å²) in [6.07, 6.45) is 6.76. The van der Waals surface area contributed by atoms with Crippen LogP contribution in [0.15, 0.2) is 33.6 Å². The summed E-state index contributed by atoms with van der Waals surface area (Å²) in [6.45, 7) is 0.971. The van der Waals surface area contributed by atoms with Crippen molar-refractivity contribution in [1.82, 2.24) is 5.32 Å². The molecule has 0 aromatic heterocycles. The van der Waals surface area contributed by atoms with Gasteiger partial charge in [-0.25, -0.2) is 0 Å². The number of ether oxygens (including phenoxy) is 1. The van der Waals surface area contributed by atoms with Gasteiger partial charge in [0.25, 0.3) is 0 Å². The quantitative estimate of drug-likeness (QED) is 0.693. The lowest BCUT2D eigenvalue weighted by Gasteiger charge is -2.17. The van der Waals surface area contributed by atoms with Gasteiger partial charge in [0.15, 0.2) is 0 Å². The van der Waals surface area contributed by atoms with Crippen LogP contribution in [0.3, 0.4) is 0 Å². The minimum Gasteiger partial charge on any atom is -0.378 e. The molecule has 112 valence electrons. The molecule has 1 aromatic rings. The summed E-state index contributed by atoms with van der Waals surface area (Å²) in [5.41, 5.74) is 0. The van der Waals surface area contributed by atoms with Crippen LogP contribution in [-0.2, 0) is 4.74 Å². The van der Waals surface area contributed by atoms with Crippen LogP contribution >= 0.6 is 27.7 Å². The van der Waals surface area contributed by atoms with Crippen molar-refractivity contribution in [3.63, 3.8) is 0 Å². The molecule has 1 N–H and O–H groups in total. The van der Waals surface area contributed by atoms with Crippen molar-refractivity contribution in [2.24, 2.45) is 0 Å². The standard InChI is InChI=1S/C16H24BrNOS/c1-18-14(6-3-7-15-8-4-10-19-15)12-20-16-9-2-5-13(17)11-16/h2,5,9,11,14-15,18H,3-4,6-8,10,12H2,1H3. The van der Waals surface area contributed by atoms with E-state index in [-0.39, 0.29) is 0 Å². The minimum atomic E-state index is 0.533. The number of benzene rings is 1. The fourth-order valence-corrected chi connectivity index (χ4v) is 4.19. The lowest BCUT2D eigenvalue weighted by Crippen LogP contribution is -2.27. The molecule has 1 aromatic carbocycles. The summed E-state index contributed by atoms with van der Waals surface area (Å²) in [5.74, 6) is 1.12. The first-order valence-electron chi connectivity index (χ1n) is 7.45. The van der Waals surface area contributed by atoms with Crippen molar-refractivity contribution < 1.29 is 4.74 Å². The van der Waals surface area contributed by atoms with E-state index in [1.807, 2.05) is 11.8 Å². The summed E-state index contributed by atoms with van der Waals surface area (Å²) in [5, 5.41) is 3.44. The van der Waals surface area contributed by atoms with Crippen LogP contribution in [0.4, 0.5) is 0 Å². The third-order valence-electron chi connectivity index (χ3n) is 3.76. The van der Waals surface area contributed by atoms with Crippen molar-refractivity contribution in [1.29, 1.82) is 0 Å². The molecule has 1 aliphatic heterocycles. The Balaban J connectivity index is 1.66. The van der Waals surface area contributed by atoms with Gasteiger partial charge in [0.1, 0.15) is 0 Å². The molecule has 0 saturated carbocycles. The van der Waals surface area contributed by atoms with Gasteiger partial charge in [-0.05, 0) is 57.4 Å². The highest BCUT2D eigenvalue weighted by Crippen LogP contribution is 2.24. The SMILES string of the molecule is CNC(CCCC1CCCO1)CSc1cccc(Br)c1. The first-order valence-corrected chi connectivity index (χ1v) is 9.23. The fraction of sp³-hybridized carbons (Fsp3) is 0.625. The second-order valence-corrected chi connectivity index (χ2v) is 7.33. The van der Waals surface area contributed by atoms with Crippen LogP contribution in [0.2, 0.25) is 0 Å². The van der Waals surface area contributed by atoms with Gasteiger partial charge >= 0.3 is 0 Å². The molecule has 4 heteroatoms. The Kier molecular flexibility index (Phi) is 7.42. The molecule has 1 aliphatic rings. The zero-order chi connectivity index (χ0) is 14.2. The average molecular weight is 358 g/mol. The maximum atomic E-state index is 5.68. The third-order valence-corrected chi connectivity index (χ3v) is 5.41. The number of nitrogens with one attached hydrogen (secondary N) is 1. The Hall–Kier alpha value is -0.0300. The Morgan fingerprint density at radius 2 is 2.40 bits per heavy atom. The summed E-state index contributed by atoms with van der Waals surface area (Å²) in [6, 6.07) is 9.11. The van der Waals surface area contributed by atoms with Gasteiger partial charge in [0.05, 0.1) is 6.10 Å². The molecule has 2 unspecified atom stereocenters. The van der Waals surface area contributed by atoms with Crippen molar-refractivity contribution >= 4 is 27.7 Å². The smallest absolute Gasteiger partial charge is 0.0576 e.